The van der Waals surface area contributed by atoms with Gasteiger partial charge in [0.05, 0.1) is 5.41 Å². The van der Waals surface area contributed by atoms with Crippen LogP contribution in [0.4, 0.5) is 11.4 Å². The quantitative estimate of drug-likeness (QED) is 0.490. The molecular formula is C17H18N2O5. The molecule has 2 aliphatic heterocycles. The molecule has 0 saturated carbocycles. The smallest absolute Gasteiger partial charge is 0.350 e. The number of rotatable bonds is 2. The van der Waals surface area contributed by atoms with Gasteiger partial charge in [0.15, 0.2) is 5.57 Å². The van der Waals surface area contributed by atoms with Crippen LogP contribution in [-0.2, 0) is 29.3 Å². The lowest BCUT2D eigenvalue weighted by Crippen LogP contribution is -2.42. The standard InChI is InChI=1S/C17H18N2O5/c1-16(2)11-7-9(5-6-12(11)19-15(16)22)18-8-10-13(20)23-17(3,4)24-14(10)21/h5-8,18H,1-4H3,(H,19,22). The van der Waals surface area contributed by atoms with Crippen LogP contribution >= 0.6 is 0 Å². The third-order valence-corrected chi connectivity index (χ3v) is 4.01. The molecular weight excluding hydrogens is 312 g/mol. The average Bonchev–Trinajstić information content (AvgIpc) is 2.67. The summed E-state index contributed by atoms with van der Waals surface area (Å²) in [6.07, 6.45) is 1.25. The Hall–Kier alpha value is -2.83. The van der Waals surface area contributed by atoms with Crippen molar-refractivity contribution in [3.05, 3.63) is 35.5 Å². The van der Waals surface area contributed by atoms with Crippen LogP contribution in [0.15, 0.2) is 30.0 Å². The van der Waals surface area contributed by atoms with Crippen molar-refractivity contribution in [2.45, 2.75) is 38.9 Å². The van der Waals surface area contributed by atoms with E-state index in [2.05, 4.69) is 10.6 Å². The summed E-state index contributed by atoms with van der Waals surface area (Å²) in [4.78, 5) is 35.7. The maximum Gasteiger partial charge on any atom is 0.350 e. The van der Waals surface area contributed by atoms with Crippen LogP contribution in [0.1, 0.15) is 33.3 Å². The van der Waals surface area contributed by atoms with E-state index in [-0.39, 0.29) is 11.5 Å². The first-order valence-corrected chi connectivity index (χ1v) is 7.49. The van der Waals surface area contributed by atoms with E-state index in [0.717, 1.165) is 11.3 Å². The molecule has 3 rings (SSSR count). The fraction of sp³-hybridized carbons (Fsp3) is 0.353. The van der Waals surface area contributed by atoms with Crippen LogP contribution in [0, 0.1) is 0 Å². The zero-order valence-electron chi connectivity index (χ0n) is 13.9. The zero-order valence-corrected chi connectivity index (χ0v) is 13.9. The summed E-state index contributed by atoms with van der Waals surface area (Å²) in [5, 5.41) is 5.70. The molecule has 0 atom stereocenters. The normalized spacial score (nSPS) is 20.7. The highest BCUT2D eigenvalue weighted by molar-refractivity contribution is 6.15. The van der Waals surface area contributed by atoms with E-state index >= 15 is 0 Å². The van der Waals surface area contributed by atoms with E-state index in [9.17, 15) is 14.4 Å². The Morgan fingerprint density at radius 3 is 2.29 bits per heavy atom. The number of hydrogen-bond donors (Lipinski definition) is 2. The Labute approximate surface area is 139 Å². The van der Waals surface area contributed by atoms with Gasteiger partial charge in [0.1, 0.15) is 0 Å². The minimum absolute atomic E-state index is 0.0744. The number of hydrogen-bond acceptors (Lipinski definition) is 6. The molecule has 2 aliphatic rings. The van der Waals surface area contributed by atoms with Crippen molar-refractivity contribution in [2.75, 3.05) is 10.6 Å². The van der Waals surface area contributed by atoms with E-state index in [1.807, 2.05) is 13.8 Å². The van der Waals surface area contributed by atoms with Gasteiger partial charge < -0.3 is 20.1 Å². The SMILES string of the molecule is CC1(C)OC(=O)C(=CNc2ccc3c(c2)C(C)(C)C(=O)N3)C(=O)O1. The lowest BCUT2D eigenvalue weighted by Gasteiger charge is -2.29. The monoisotopic (exact) mass is 330 g/mol. The van der Waals surface area contributed by atoms with Gasteiger partial charge in [0.25, 0.3) is 5.79 Å². The second kappa shape index (κ2) is 5.09. The topological polar surface area (TPSA) is 93.7 Å². The average molecular weight is 330 g/mol. The van der Waals surface area contributed by atoms with E-state index in [1.54, 1.807) is 18.2 Å². The predicted molar refractivity (Wildman–Crippen MR) is 86.1 cm³/mol. The van der Waals surface area contributed by atoms with Gasteiger partial charge in [-0.2, -0.15) is 0 Å². The number of nitrogens with one attached hydrogen (secondary N) is 2. The first-order valence-electron chi connectivity index (χ1n) is 7.49. The molecule has 1 fully saturated rings. The zero-order chi connectivity index (χ0) is 17.7. The number of cyclic esters (lactones) is 2. The third kappa shape index (κ3) is 2.62. The van der Waals surface area contributed by atoms with Crippen molar-refractivity contribution in [3.8, 4) is 0 Å². The minimum atomic E-state index is -1.27. The molecule has 7 heteroatoms. The summed E-state index contributed by atoms with van der Waals surface area (Å²) in [7, 11) is 0. The second-order valence-corrected chi connectivity index (χ2v) is 6.72. The molecule has 0 aromatic heterocycles. The molecule has 0 spiro atoms. The van der Waals surface area contributed by atoms with Crippen LogP contribution in [-0.4, -0.2) is 23.6 Å². The Morgan fingerprint density at radius 1 is 1.04 bits per heavy atom. The molecule has 1 aromatic rings. The summed E-state index contributed by atoms with van der Waals surface area (Å²) in [5.41, 5.74) is 1.36. The number of carbonyl (C=O) groups excluding carboxylic acids is 3. The number of fused-ring (bicyclic) bond motifs is 1. The fourth-order valence-corrected chi connectivity index (χ4v) is 2.59. The minimum Gasteiger partial charge on any atom is -0.419 e. The molecule has 1 saturated heterocycles. The summed E-state index contributed by atoms with van der Waals surface area (Å²) in [6.45, 7) is 6.63. The molecule has 2 heterocycles. The molecule has 2 N–H and O–H groups in total. The first kappa shape index (κ1) is 16.0. The number of esters is 2. The van der Waals surface area contributed by atoms with Crippen LogP contribution in [0.2, 0.25) is 0 Å². The summed E-state index contributed by atoms with van der Waals surface area (Å²) >= 11 is 0. The Morgan fingerprint density at radius 2 is 1.67 bits per heavy atom. The molecule has 1 aromatic carbocycles. The van der Waals surface area contributed by atoms with Crippen LogP contribution in [0.25, 0.3) is 0 Å². The maximum atomic E-state index is 12.0. The maximum absolute atomic E-state index is 12.0. The van der Waals surface area contributed by atoms with Crippen LogP contribution in [0.5, 0.6) is 0 Å². The van der Waals surface area contributed by atoms with Crippen molar-refractivity contribution in [1.29, 1.82) is 0 Å². The van der Waals surface area contributed by atoms with Crippen molar-refractivity contribution >= 4 is 29.2 Å². The van der Waals surface area contributed by atoms with Crippen LogP contribution in [0.3, 0.4) is 0 Å². The first-order chi connectivity index (χ1) is 11.1. The number of anilines is 2. The van der Waals surface area contributed by atoms with Gasteiger partial charge >= 0.3 is 11.9 Å². The van der Waals surface area contributed by atoms with Gasteiger partial charge in [-0.15, -0.1) is 0 Å². The van der Waals surface area contributed by atoms with Crippen molar-refractivity contribution < 1.29 is 23.9 Å². The highest BCUT2D eigenvalue weighted by Gasteiger charge is 2.40. The largest absolute Gasteiger partial charge is 0.419 e. The number of benzene rings is 1. The Bertz CT molecular complexity index is 770. The lowest BCUT2D eigenvalue weighted by atomic mass is 9.86. The van der Waals surface area contributed by atoms with E-state index in [1.165, 1.54) is 20.0 Å². The van der Waals surface area contributed by atoms with Gasteiger partial charge in [-0.3, -0.25) is 4.79 Å². The van der Waals surface area contributed by atoms with Gasteiger partial charge in [-0.1, -0.05) is 0 Å². The van der Waals surface area contributed by atoms with Crippen molar-refractivity contribution in [2.24, 2.45) is 0 Å². The number of ether oxygens (including phenoxy) is 2. The van der Waals surface area contributed by atoms with Crippen molar-refractivity contribution in [3.63, 3.8) is 0 Å². The van der Waals surface area contributed by atoms with E-state index in [4.69, 9.17) is 9.47 Å². The molecule has 24 heavy (non-hydrogen) atoms. The summed E-state index contributed by atoms with van der Waals surface area (Å²) in [5.74, 6) is -2.84. The summed E-state index contributed by atoms with van der Waals surface area (Å²) in [6, 6.07) is 5.30. The highest BCUT2D eigenvalue weighted by atomic mass is 16.7. The fourth-order valence-electron chi connectivity index (χ4n) is 2.59. The van der Waals surface area contributed by atoms with Crippen LogP contribution < -0.4 is 10.6 Å². The van der Waals surface area contributed by atoms with E-state index in [0.29, 0.717) is 5.69 Å². The molecule has 7 nitrogen and oxygen atoms in total. The number of carbonyl (C=O) groups is 3. The molecule has 1 amide bonds. The molecule has 0 aliphatic carbocycles. The predicted octanol–water partition coefficient (Wildman–Crippen LogP) is 2.05. The molecule has 126 valence electrons. The van der Waals surface area contributed by atoms with Crippen molar-refractivity contribution in [1.82, 2.24) is 0 Å². The molecule has 0 unspecified atom stereocenters. The Balaban J connectivity index is 1.84. The highest BCUT2D eigenvalue weighted by Crippen LogP contribution is 2.38. The van der Waals surface area contributed by atoms with Gasteiger partial charge in [-0.05, 0) is 37.6 Å². The molecule has 0 bridgehead atoms. The van der Waals surface area contributed by atoms with Gasteiger partial charge in [-0.25, -0.2) is 9.59 Å². The van der Waals surface area contributed by atoms with Gasteiger partial charge in [0.2, 0.25) is 5.91 Å². The van der Waals surface area contributed by atoms with E-state index < -0.39 is 23.1 Å². The summed E-state index contributed by atoms with van der Waals surface area (Å²) < 4.78 is 10.0. The third-order valence-electron chi connectivity index (χ3n) is 4.01. The van der Waals surface area contributed by atoms with Gasteiger partial charge in [0, 0.05) is 31.4 Å². The Kier molecular flexibility index (Phi) is 3.40. The molecule has 0 radical (unpaired) electrons. The number of amides is 1. The second-order valence-electron chi connectivity index (χ2n) is 6.72. The lowest BCUT2D eigenvalue weighted by molar-refractivity contribution is -0.222.